The van der Waals surface area contributed by atoms with Crippen LogP contribution in [0.1, 0.15) is 43.1 Å². The van der Waals surface area contributed by atoms with Crippen molar-refractivity contribution < 1.29 is 0 Å². The summed E-state index contributed by atoms with van der Waals surface area (Å²) in [5, 5.41) is 0. The maximum atomic E-state index is 6.46. The maximum Gasteiger partial charge on any atom is 0.0951 e. The minimum Gasteiger partial charge on any atom is -0.328 e. The zero-order valence-corrected chi connectivity index (χ0v) is 12.7. The number of likely N-dealkylation sites (N-methyl/N-ethyl adjacent to an activating group) is 1. The summed E-state index contributed by atoms with van der Waals surface area (Å²) in [4.78, 5) is 6.87. The van der Waals surface area contributed by atoms with Crippen molar-refractivity contribution in [2.75, 3.05) is 19.6 Å². The lowest BCUT2D eigenvalue weighted by Gasteiger charge is -2.34. The number of aromatic nitrogens is 2. The standard InChI is InChI=1S/C17H24N4/c1-2-20-10-6-9-15(12-20)21-13-19-11-16(21)17(18)14-7-4-3-5-8-14/h3-5,7-8,11,13,15,17H,2,6,9-10,12,18H2,1H3. The lowest BCUT2D eigenvalue weighted by molar-refractivity contribution is 0.183. The summed E-state index contributed by atoms with van der Waals surface area (Å²) < 4.78 is 2.29. The molecule has 3 rings (SSSR count). The van der Waals surface area contributed by atoms with Gasteiger partial charge in [-0.25, -0.2) is 4.98 Å². The molecule has 2 heterocycles. The van der Waals surface area contributed by atoms with E-state index >= 15 is 0 Å². The molecular weight excluding hydrogens is 260 g/mol. The van der Waals surface area contributed by atoms with Gasteiger partial charge < -0.3 is 15.2 Å². The van der Waals surface area contributed by atoms with Crippen LogP contribution >= 0.6 is 0 Å². The van der Waals surface area contributed by atoms with Gasteiger partial charge in [0.1, 0.15) is 0 Å². The van der Waals surface area contributed by atoms with Gasteiger partial charge in [0.2, 0.25) is 0 Å². The maximum absolute atomic E-state index is 6.46. The molecule has 1 fully saturated rings. The number of hydrogen-bond acceptors (Lipinski definition) is 3. The molecule has 1 saturated heterocycles. The summed E-state index contributed by atoms with van der Waals surface area (Å²) in [6, 6.07) is 10.7. The first-order valence-corrected chi connectivity index (χ1v) is 7.84. The highest BCUT2D eigenvalue weighted by Gasteiger charge is 2.24. The van der Waals surface area contributed by atoms with Gasteiger partial charge in [0, 0.05) is 12.6 Å². The van der Waals surface area contributed by atoms with E-state index in [4.69, 9.17) is 5.73 Å². The third kappa shape index (κ3) is 3.01. The summed E-state index contributed by atoms with van der Waals surface area (Å²) >= 11 is 0. The van der Waals surface area contributed by atoms with E-state index in [0.717, 1.165) is 24.3 Å². The smallest absolute Gasteiger partial charge is 0.0951 e. The van der Waals surface area contributed by atoms with E-state index in [1.54, 1.807) is 0 Å². The molecular formula is C17H24N4. The normalized spacial score (nSPS) is 21.3. The van der Waals surface area contributed by atoms with E-state index in [2.05, 4.69) is 33.5 Å². The van der Waals surface area contributed by atoms with Crippen molar-refractivity contribution in [3.05, 3.63) is 54.1 Å². The van der Waals surface area contributed by atoms with Crippen molar-refractivity contribution in [1.82, 2.24) is 14.5 Å². The predicted octanol–water partition coefficient (Wildman–Crippen LogP) is 2.59. The quantitative estimate of drug-likeness (QED) is 0.938. The van der Waals surface area contributed by atoms with Crippen LogP contribution in [0.3, 0.4) is 0 Å². The molecule has 2 aromatic rings. The molecule has 112 valence electrons. The molecule has 1 aromatic heterocycles. The topological polar surface area (TPSA) is 47.1 Å². The van der Waals surface area contributed by atoms with Crippen LogP contribution in [0.2, 0.25) is 0 Å². The Labute approximate surface area is 126 Å². The summed E-state index contributed by atoms with van der Waals surface area (Å²) in [5.74, 6) is 0. The number of piperidine rings is 1. The van der Waals surface area contributed by atoms with E-state index < -0.39 is 0 Å². The molecule has 4 heteroatoms. The van der Waals surface area contributed by atoms with Crippen LogP contribution in [0.5, 0.6) is 0 Å². The second-order valence-electron chi connectivity index (χ2n) is 5.80. The molecule has 2 unspecified atom stereocenters. The number of imidazole rings is 1. The van der Waals surface area contributed by atoms with Gasteiger partial charge in [0.25, 0.3) is 0 Å². The molecule has 4 nitrogen and oxygen atoms in total. The van der Waals surface area contributed by atoms with Crippen molar-refractivity contribution in [2.45, 2.75) is 31.8 Å². The van der Waals surface area contributed by atoms with Gasteiger partial charge >= 0.3 is 0 Å². The zero-order chi connectivity index (χ0) is 14.7. The fraction of sp³-hybridized carbons (Fsp3) is 0.471. The van der Waals surface area contributed by atoms with Crippen LogP contribution < -0.4 is 5.73 Å². The Morgan fingerprint density at radius 1 is 1.33 bits per heavy atom. The zero-order valence-electron chi connectivity index (χ0n) is 12.7. The Morgan fingerprint density at radius 3 is 2.90 bits per heavy atom. The Balaban J connectivity index is 1.84. The lowest BCUT2D eigenvalue weighted by Crippen LogP contribution is -2.37. The minimum absolute atomic E-state index is 0.106. The minimum atomic E-state index is -0.106. The largest absolute Gasteiger partial charge is 0.328 e. The average molecular weight is 284 g/mol. The summed E-state index contributed by atoms with van der Waals surface area (Å²) in [6.07, 6.45) is 6.32. The summed E-state index contributed by atoms with van der Waals surface area (Å²) in [7, 11) is 0. The molecule has 1 aliphatic heterocycles. The number of hydrogen-bond donors (Lipinski definition) is 1. The highest BCUT2D eigenvalue weighted by Crippen LogP contribution is 2.27. The van der Waals surface area contributed by atoms with Crippen molar-refractivity contribution in [1.29, 1.82) is 0 Å². The Hall–Kier alpha value is -1.65. The Kier molecular flexibility index (Phi) is 4.36. The van der Waals surface area contributed by atoms with Crippen LogP contribution in [0.15, 0.2) is 42.9 Å². The fourth-order valence-corrected chi connectivity index (χ4v) is 3.24. The third-order valence-corrected chi connectivity index (χ3v) is 4.49. The van der Waals surface area contributed by atoms with Gasteiger partial charge in [0.15, 0.2) is 0 Å². The number of nitrogens with zero attached hydrogens (tertiary/aromatic N) is 3. The van der Waals surface area contributed by atoms with Gasteiger partial charge in [-0.3, -0.25) is 0 Å². The van der Waals surface area contributed by atoms with E-state index in [1.807, 2.05) is 30.7 Å². The number of nitrogens with two attached hydrogens (primary N) is 1. The predicted molar refractivity (Wildman–Crippen MR) is 85.1 cm³/mol. The van der Waals surface area contributed by atoms with E-state index in [-0.39, 0.29) is 6.04 Å². The van der Waals surface area contributed by atoms with E-state index in [0.29, 0.717) is 6.04 Å². The first-order chi connectivity index (χ1) is 10.3. The highest BCUT2D eigenvalue weighted by atomic mass is 15.2. The molecule has 0 aliphatic carbocycles. The number of rotatable bonds is 4. The highest BCUT2D eigenvalue weighted by molar-refractivity contribution is 5.26. The molecule has 21 heavy (non-hydrogen) atoms. The number of benzene rings is 1. The first kappa shape index (κ1) is 14.3. The molecule has 0 radical (unpaired) electrons. The van der Waals surface area contributed by atoms with Crippen molar-refractivity contribution in [3.63, 3.8) is 0 Å². The van der Waals surface area contributed by atoms with Gasteiger partial charge in [-0.15, -0.1) is 0 Å². The van der Waals surface area contributed by atoms with Gasteiger partial charge in [-0.1, -0.05) is 37.3 Å². The molecule has 1 aromatic carbocycles. The molecule has 2 atom stereocenters. The third-order valence-electron chi connectivity index (χ3n) is 4.49. The molecule has 0 amide bonds. The van der Waals surface area contributed by atoms with Crippen molar-refractivity contribution >= 4 is 0 Å². The van der Waals surface area contributed by atoms with Gasteiger partial charge in [-0.2, -0.15) is 0 Å². The lowest BCUT2D eigenvalue weighted by atomic mass is 10.0. The molecule has 1 aliphatic rings. The van der Waals surface area contributed by atoms with Crippen LogP contribution in [0.25, 0.3) is 0 Å². The monoisotopic (exact) mass is 284 g/mol. The Morgan fingerprint density at radius 2 is 2.14 bits per heavy atom. The summed E-state index contributed by atoms with van der Waals surface area (Å²) in [6.45, 7) is 5.65. The fourth-order valence-electron chi connectivity index (χ4n) is 3.24. The van der Waals surface area contributed by atoms with Crippen molar-refractivity contribution in [2.24, 2.45) is 5.73 Å². The van der Waals surface area contributed by atoms with Gasteiger partial charge in [-0.05, 0) is 31.5 Å². The first-order valence-electron chi connectivity index (χ1n) is 7.84. The van der Waals surface area contributed by atoms with Crippen molar-refractivity contribution in [3.8, 4) is 0 Å². The van der Waals surface area contributed by atoms with Crippen LogP contribution in [0, 0.1) is 0 Å². The summed E-state index contributed by atoms with van der Waals surface area (Å²) in [5.41, 5.74) is 8.72. The Bertz CT molecular complexity index is 563. The molecule has 0 bridgehead atoms. The van der Waals surface area contributed by atoms with Crippen LogP contribution in [-0.2, 0) is 0 Å². The molecule has 2 N–H and O–H groups in total. The second-order valence-corrected chi connectivity index (χ2v) is 5.80. The SMILES string of the molecule is CCN1CCCC(n2cncc2C(N)c2ccccc2)C1. The second kappa shape index (κ2) is 6.41. The van der Waals surface area contributed by atoms with Gasteiger partial charge in [0.05, 0.1) is 24.3 Å². The van der Waals surface area contributed by atoms with E-state index in [1.165, 1.54) is 19.4 Å². The average Bonchev–Trinajstić information content (AvgIpc) is 3.04. The van der Waals surface area contributed by atoms with Crippen LogP contribution in [0.4, 0.5) is 0 Å². The van der Waals surface area contributed by atoms with E-state index in [9.17, 15) is 0 Å². The molecule has 0 saturated carbocycles. The molecule has 0 spiro atoms. The number of likely N-dealkylation sites (tertiary alicyclic amines) is 1. The van der Waals surface area contributed by atoms with Crippen LogP contribution in [-0.4, -0.2) is 34.1 Å².